The topological polar surface area (TPSA) is 85.3 Å². The minimum absolute atomic E-state index is 0.116. The Morgan fingerprint density at radius 3 is 2.27 bits per heavy atom. The van der Waals surface area contributed by atoms with Crippen LogP contribution in [0.3, 0.4) is 0 Å². The Hall–Kier alpha value is -2.97. The Balaban J connectivity index is 2.07. The van der Waals surface area contributed by atoms with Gasteiger partial charge in [-0.25, -0.2) is 4.90 Å². The van der Waals surface area contributed by atoms with Gasteiger partial charge in [-0.3, -0.25) is 9.59 Å². The fourth-order valence-electron chi connectivity index (χ4n) is 3.12. The minimum Gasteiger partial charge on any atom is -0.497 e. The molecule has 0 fully saturated rings. The van der Waals surface area contributed by atoms with Crippen LogP contribution in [0.5, 0.6) is 17.2 Å². The highest BCUT2D eigenvalue weighted by atomic mass is 32.2. The minimum atomic E-state index is -0.464. The number of thioether (sulfide) groups is 1. The van der Waals surface area contributed by atoms with Crippen LogP contribution in [0.15, 0.2) is 47.4 Å². The molecule has 0 aromatic heterocycles. The normalized spacial score (nSPS) is 13.8. The summed E-state index contributed by atoms with van der Waals surface area (Å²) in [5.41, 5.74) is 1.18. The number of amides is 2. The summed E-state index contributed by atoms with van der Waals surface area (Å²) in [5.74, 6) is 0.903. The molecule has 1 aliphatic heterocycles. The molecule has 2 aromatic rings. The summed E-state index contributed by atoms with van der Waals surface area (Å²) >= 11 is 1.15. The Bertz CT molecular complexity index is 970. The number of rotatable bonds is 9. The van der Waals surface area contributed by atoms with Crippen molar-refractivity contribution >= 4 is 34.8 Å². The van der Waals surface area contributed by atoms with E-state index in [0.29, 0.717) is 35.1 Å². The summed E-state index contributed by atoms with van der Waals surface area (Å²) in [6, 6.07) is 11.9. The molecule has 0 radical (unpaired) electrons. The van der Waals surface area contributed by atoms with Gasteiger partial charge in [0.1, 0.15) is 17.2 Å². The van der Waals surface area contributed by atoms with Gasteiger partial charge in [-0.05, 0) is 36.8 Å². The van der Waals surface area contributed by atoms with Crippen LogP contribution < -0.4 is 19.1 Å². The molecule has 0 saturated carbocycles. The molecule has 8 heteroatoms. The number of hydrogen-bond acceptors (Lipinski definition) is 7. The van der Waals surface area contributed by atoms with Gasteiger partial charge >= 0.3 is 0 Å². The fourth-order valence-corrected chi connectivity index (χ4v) is 3.98. The maximum absolute atomic E-state index is 13.4. The van der Waals surface area contributed by atoms with Crippen LogP contribution in [-0.2, 0) is 9.59 Å². The second-order valence-electron chi connectivity index (χ2n) is 6.22. The van der Waals surface area contributed by atoms with E-state index in [9.17, 15) is 14.7 Å². The molecule has 2 aromatic carbocycles. The van der Waals surface area contributed by atoms with Crippen LogP contribution in [0.25, 0.3) is 5.57 Å². The predicted octanol–water partition coefficient (Wildman–Crippen LogP) is 3.11. The lowest BCUT2D eigenvalue weighted by Gasteiger charge is -2.19. The number of nitrogens with zero attached hydrogens (tertiary/aromatic N) is 1. The van der Waals surface area contributed by atoms with E-state index in [2.05, 4.69) is 0 Å². The molecular formula is C22H23NO6S. The lowest BCUT2D eigenvalue weighted by atomic mass is 10.1. The molecule has 0 unspecified atom stereocenters. The second-order valence-corrected chi connectivity index (χ2v) is 7.32. The van der Waals surface area contributed by atoms with Gasteiger partial charge in [-0.15, -0.1) is 11.8 Å². The first-order chi connectivity index (χ1) is 14.5. The van der Waals surface area contributed by atoms with Gasteiger partial charge in [0, 0.05) is 11.8 Å². The number of ether oxygens (including phenoxy) is 3. The molecule has 1 N–H and O–H groups in total. The predicted molar refractivity (Wildman–Crippen MR) is 116 cm³/mol. The summed E-state index contributed by atoms with van der Waals surface area (Å²) in [4.78, 5) is 28.1. The molecule has 0 atom stereocenters. The smallest absolute Gasteiger partial charge is 0.272 e. The summed E-state index contributed by atoms with van der Waals surface area (Å²) < 4.78 is 16.1. The van der Waals surface area contributed by atoms with Crippen molar-refractivity contribution < 1.29 is 28.9 Å². The van der Waals surface area contributed by atoms with Crippen LogP contribution in [-0.4, -0.2) is 50.1 Å². The zero-order valence-electron chi connectivity index (χ0n) is 17.0. The van der Waals surface area contributed by atoms with E-state index in [1.54, 1.807) is 42.5 Å². The molecule has 30 heavy (non-hydrogen) atoms. The zero-order valence-corrected chi connectivity index (χ0v) is 17.8. The third-order valence-electron chi connectivity index (χ3n) is 4.46. The number of carbonyl (C=O) groups excluding carboxylic acids is 2. The van der Waals surface area contributed by atoms with E-state index >= 15 is 0 Å². The maximum Gasteiger partial charge on any atom is 0.272 e. The van der Waals surface area contributed by atoms with Gasteiger partial charge in [0.15, 0.2) is 0 Å². The van der Waals surface area contributed by atoms with E-state index in [0.717, 1.165) is 16.7 Å². The van der Waals surface area contributed by atoms with Gasteiger partial charge in [0.05, 0.1) is 43.6 Å². The van der Waals surface area contributed by atoms with Crippen LogP contribution in [0.4, 0.5) is 5.69 Å². The van der Waals surface area contributed by atoms with Gasteiger partial charge in [-0.1, -0.05) is 12.1 Å². The molecule has 1 aliphatic rings. The van der Waals surface area contributed by atoms with Crippen molar-refractivity contribution in [2.24, 2.45) is 0 Å². The lowest BCUT2D eigenvalue weighted by Crippen LogP contribution is -2.31. The van der Waals surface area contributed by atoms with E-state index < -0.39 is 11.8 Å². The highest BCUT2D eigenvalue weighted by Gasteiger charge is 2.41. The maximum atomic E-state index is 13.4. The zero-order chi connectivity index (χ0) is 21.7. The largest absolute Gasteiger partial charge is 0.497 e. The monoisotopic (exact) mass is 429 g/mol. The van der Waals surface area contributed by atoms with Gasteiger partial charge in [-0.2, -0.15) is 0 Å². The van der Waals surface area contributed by atoms with Crippen LogP contribution >= 0.6 is 11.8 Å². The van der Waals surface area contributed by atoms with Crippen molar-refractivity contribution in [3.63, 3.8) is 0 Å². The highest BCUT2D eigenvalue weighted by molar-refractivity contribution is 8.04. The van der Waals surface area contributed by atoms with Crippen molar-refractivity contribution in [3.8, 4) is 17.2 Å². The average molecular weight is 429 g/mol. The van der Waals surface area contributed by atoms with E-state index in [-0.39, 0.29) is 22.8 Å². The fraction of sp³-hybridized carbons (Fsp3) is 0.273. The number of imide groups is 1. The number of benzene rings is 2. The van der Waals surface area contributed by atoms with E-state index in [1.807, 2.05) is 6.92 Å². The molecule has 0 spiro atoms. The summed E-state index contributed by atoms with van der Waals surface area (Å²) in [7, 11) is 2.98. The van der Waals surface area contributed by atoms with Crippen LogP contribution in [0.1, 0.15) is 12.5 Å². The number of aliphatic hydroxyl groups is 1. The molecular weight excluding hydrogens is 406 g/mol. The SMILES string of the molecule is CCOc1ccc(C2=C(SCCO)C(=O)N(c3cc(OC)ccc3OC)C2=O)cc1. The van der Waals surface area contributed by atoms with Crippen molar-refractivity contribution in [2.75, 3.05) is 38.1 Å². The van der Waals surface area contributed by atoms with Gasteiger partial charge in [0.2, 0.25) is 0 Å². The van der Waals surface area contributed by atoms with Crippen molar-refractivity contribution in [2.45, 2.75) is 6.92 Å². The number of anilines is 1. The van der Waals surface area contributed by atoms with Crippen LogP contribution in [0.2, 0.25) is 0 Å². The molecule has 0 saturated heterocycles. The Kier molecular flexibility index (Phi) is 7.02. The van der Waals surface area contributed by atoms with Gasteiger partial charge < -0.3 is 19.3 Å². The van der Waals surface area contributed by atoms with Crippen LogP contribution in [0, 0.1) is 0 Å². The van der Waals surface area contributed by atoms with E-state index in [1.165, 1.54) is 14.2 Å². The summed E-state index contributed by atoms with van der Waals surface area (Å²) in [5, 5.41) is 9.26. The van der Waals surface area contributed by atoms with Crippen molar-refractivity contribution in [1.82, 2.24) is 0 Å². The number of methoxy groups -OCH3 is 2. The van der Waals surface area contributed by atoms with E-state index in [4.69, 9.17) is 14.2 Å². The van der Waals surface area contributed by atoms with Gasteiger partial charge in [0.25, 0.3) is 11.8 Å². The van der Waals surface area contributed by atoms with Crippen molar-refractivity contribution in [3.05, 3.63) is 52.9 Å². The molecule has 158 valence electrons. The summed E-state index contributed by atoms with van der Waals surface area (Å²) in [6.45, 7) is 2.30. The lowest BCUT2D eigenvalue weighted by molar-refractivity contribution is -0.119. The molecule has 1 heterocycles. The number of carbonyl (C=O) groups is 2. The third-order valence-corrected chi connectivity index (χ3v) is 5.51. The average Bonchev–Trinajstić information content (AvgIpc) is 3.01. The molecule has 0 bridgehead atoms. The molecule has 7 nitrogen and oxygen atoms in total. The third kappa shape index (κ3) is 4.15. The molecule has 0 aliphatic carbocycles. The summed E-state index contributed by atoms with van der Waals surface area (Å²) in [6.07, 6.45) is 0. The quantitative estimate of drug-likeness (QED) is 0.613. The Labute approximate surface area is 179 Å². The first-order valence-electron chi connectivity index (χ1n) is 9.37. The molecule has 3 rings (SSSR count). The number of aliphatic hydroxyl groups excluding tert-OH is 1. The standard InChI is InChI=1S/C22H23NO6S/c1-4-29-15-7-5-14(6-8-15)19-20(30-12-11-24)22(26)23(21(19)25)17-13-16(27-2)9-10-18(17)28-3/h5-10,13,24H,4,11-12H2,1-3H3. The van der Waals surface area contributed by atoms with Crippen molar-refractivity contribution in [1.29, 1.82) is 0 Å². The first-order valence-corrected chi connectivity index (χ1v) is 10.4. The number of hydrogen-bond donors (Lipinski definition) is 1. The highest BCUT2D eigenvalue weighted by Crippen LogP contribution is 2.42. The Morgan fingerprint density at radius 1 is 0.967 bits per heavy atom. The molecule has 2 amide bonds. The second kappa shape index (κ2) is 9.69. The first kappa shape index (κ1) is 21.7. The Morgan fingerprint density at radius 2 is 1.67 bits per heavy atom.